The monoisotopic (exact) mass is 429 g/mol. The van der Waals surface area contributed by atoms with Gasteiger partial charge in [-0.2, -0.15) is 10.4 Å². The average molecular weight is 429 g/mol. The zero-order valence-corrected chi connectivity index (χ0v) is 17.6. The maximum Gasteiger partial charge on any atom is 0.193 e. The predicted molar refractivity (Wildman–Crippen MR) is 115 cm³/mol. The highest BCUT2D eigenvalue weighted by Gasteiger charge is 2.27. The Morgan fingerprint density at radius 1 is 1.28 bits per heavy atom. The van der Waals surface area contributed by atoms with Crippen LogP contribution in [0.3, 0.4) is 0 Å². The zero-order valence-electron chi connectivity index (χ0n) is 17.6. The highest BCUT2D eigenvalue weighted by Crippen LogP contribution is 2.40. The number of benzene rings is 1. The second-order valence-electron chi connectivity index (χ2n) is 7.94. The Kier molecular flexibility index (Phi) is 4.66. The fourth-order valence-electron chi connectivity index (χ4n) is 3.79. The molecule has 0 atom stereocenters. The number of aromatic nitrogens is 7. The number of hydrogen-bond acceptors (Lipinski definition) is 7. The van der Waals surface area contributed by atoms with Crippen molar-refractivity contribution in [1.82, 2.24) is 34.7 Å². The number of nitrogens with zero attached hydrogens (tertiary/aromatic N) is 8. The maximum absolute atomic E-state index is 14.8. The molecule has 1 aliphatic carbocycles. The molecule has 2 N–H and O–H groups in total. The third-order valence-corrected chi connectivity index (χ3v) is 5.64. The summed E-state index contributed by atoms with van der Waals surface area (Å²) in [6.45, 7) is 2.20. The van der Waals surface area contributed by atoms with Crippen LogP contribution in [-0.2, 0) is 13.6 Å². The molecule has 160 valence electrons. The van der Waals surface area contributed by atoms with Crippen molar-refractivity contribution >= 4 is 5.82 Å². The van der Waals surface area contributed by atoms with E-state index in [0.717, 1.165) is 5.69 Å². The molecular weight excluding hydrogens is 409 g/mol. The van der Waals surface area contributed by atoms with E-state index in [9.17, 15) is 9.65 Å². The van der Waals surface area contributed by atoms with Crippen molar-refractivity contribution in [3.05, 3.63) is 58.8 Å². The molecule has 1 fully saturated rings. The summed E-state index contributed by atoms with van der Waals surface area (Å²) in [6.07, 6.45) is 4.00. The van der Waals surface area contributed by atoms with Crippen LogP contribution in [0.25, 0.3) is 22.8 Å². The number of nitriles is 1. The van der Waals surface area contributed by atoms with Crippen LogP contribution in [0, 0.1) is 24.1 Å². The molecule has 32 heavy (non-hydrogen) atoms. The summed E-state index contributed by atoms with van der Waals surface area (Å²) in [6, 6.07) is 9.39. The number of nitrogen functional groups attached to an aromatic ring is 1. The zero-order chi connectivity index (χ0) is 22.4. The Labute approximate surface area is 183 Å². The van der Waals surface area contributed by atoms with Gasteiger partial charge >= 0.3 is 0 Å². The van der Waals surface area contributed by atoms with E-state index in [1.54, 1.807) is 36.0 Å². The molecule has 0 unspecified atom stereocenters. The lowest BCUT2D eigenvalue weighted by Crippen LogP contribution is -2.04. The van der Waals surface area contributed by atoms with Crippen LogP contribution < -0.4 is 5.73 Å². The van der Waals surface area contributed by atoms with Crippen molar-refractivity contribution in [3.8, 4) is 28.8 Å². The van der Waals surface area contributed by atoms with E-state index in [1.165, 1.54) is 18.5 Å². The van der Waals surface area contributed by atoms with Gasteiger partial charge in [0, 0.05) is 24.2 Å². The summed E-state index contributed by atoms with van der Waals surface area (Å²) in [5.41, 5.74) is 9.90. The standard InChI is InChI=1S/C22H20FN9/c1-12-14(9-24)4-3-5-16(12)22-26-20(19(23)21(25)27-22)17-11-32(30-28-17)10-15-8-18(13-6-7-13)31(2)29-15/h3-5,8,11,13H,6-7,10H2,1-2H3,(H2,25,26,27). The molecule has 0 saturated heterocycles. The average Bonchev–Trinajstić information content (AvgIpc) is 3.41. The van der Waals surface area contributed by atoms with Gasteiger partial charge in [-0.1, -0.05) is 17.3 Å². The van der Waals surface area contributed by atoms with Gasteiger partial charge in [0.05, 0.1) is 30.1 Å². The highest BCUT2D eigenvalue weighted by atomic mass is 19.1. The van der Waals surface area contributed by atoms with E-state index >= 15 is 0 Å². The summed E-state index contributed by atoms with van der Waals surface area (Å²) >= 11 is 0. The van der Waals surface area contributed by atoms with E-state index in [0.29, 0.717) is 29.2 Å². The molecule has 0 aliphatic heterocycles. The second-order valence-corrected chi connectivity index (χ2v) is 7.94. The molecule has 1 aliphatic rings. The largest absolute Gasteiger partial charge is 0.381 e. The second kappa shape index (κ2) is 7.53. The first-order chi connectivity index (χ1) is 15.4. The van der Waals surface area contributed by atoms with Gasteiger partial charge in [0.15, 0.2) is 17.5 Å². The number of rotatable bonds is 5. The van der Waals surface area contributed by atoms with E-state index < -0.39 is 5.82 Å². The lowest BCUT2D eigenvalue weighted by atomic mass is 10.0. The first-order valence-corrected chi connectivity index (χ1v) is 10.2. The molecule has 0 spiro atoms. The maximum atomic E-state index is 14.8. The molecule has 1 saturated carbocycles. The summed E-state index contributed by atoms with van der Waals surface area (Å²) in [5, 5.41) is 22.0. The molecular formula is C22H20FN9. The summed E-state index contributed by atoms with van der Waals surface area (Å²) < 4.78 is 18.3. The molecule has 0 amide bonds. The van der Waals surface area contributed by atoms with Gasteiger partial charge < -0.3 is 5.73 Å². The number of hydrogen-bond donors (Lipinski definition) is 1. The van der Waals surface area contributed by atoms with E-state index in [-0.39, 0.29) is 23.0 Å². The molecule has 3 aromatic heterocycles. The molecule has 0 radical (unpaired) electrons. The first kappa shape index (κ1) is 19.8. The van der Waals surface area contributed by atoms with Crippen molar-refractivity contribution in [2.24, 2.45) is 7.05 Å². The van der Waals surface area contributed by atoms with Gasteiger partial charge in [0.1, 0.15) is 11.4 Å². The number of nitrogens with two attached hydrogens (primary N) is 1. The van der Waals surface area contributed by atoms with Gasteiger partial charge in [0.25, 0.3) is 0 Å². The highest BCUT2D eigenvalue weighted by molar-refractivity contribution is 5.69. The van der Waals surface area contributed by atoms with Crippen molar-refractivity contribution in [2.45, 2.75) is 32.2 Å². The summed E-state index contributed by atoms with van der Waals surface area (Å²) in [7, 11) is 1.94. The van der Waals surface area contributed by atoms with Crippen LogP contribution in [-0.4, -0.2) is 34.7 Å². The van der Waals surface area contributed by atoms with Crippen LogP contribution in [0.4, 0.5) is 10.2 Å². The topological polar surface area (TPSA) is 124 Å². The summed E-state index contributed by atoms with van der Waals surface area (Å²) in [5.74, 6) is -0.238. The van der Waals surface area contributed by atoms with Crippen molar-refractivity contribution in [2.75, 3.05) is 5.73 Å². The van der Waals surface area contributed by atoms with E-state index in [4.69, 9.17) is 5.73 Å². The third-order valence-electron chi connectivity index (χ3n) is 5.64. The normalized spacial score (nSPS) is 13.3. The van der Waals surface area contributed by atoms with Gasteiger partial charge in [0.2, 0.25) is 0 Å². The minimum absolute atomic E-state index is 0.0415. The molecule has 4 aromatic rings. The molecule has 3 heterocycles. The number of anilines is 1. The fraction of sp³-hybridized carbons (Fsp3) is 0.273. The third kappa shape index (κ3) is 3.47. The van der Waals surface area contributed by atoms with Gasteiger partial charge in [-0.15, -0.1) is 5.10 Å². The first-order valence-electron chi connectivity index (χ1n) is 10.2. The molecule has 10 heteroatoms. The molecule has 5 rings (SSSR count). The van der Waals surface area contributed by atoms with Crippen LogP contribution in [0.5, 0.6) is 0 Å². The van der Waals surface area contributed by atoms with Crippen LogP contribution >= 0.6 is 0 Å². The fourth-order valence-corrected chi connectivity index (χ4v) is 3.79. The number of aryl methyl sites for hydroxylation is 1. The van der Waals surface area contributed by atoms with Crippen LogP contribution in [0.2, 0.25) is 0 Å². The minimum Gasteiger partial charge on any atom is -0.381 e. The Morgan fingerprint density at radius 2 is 2.09 bits per heavy atom. The van der Waals surface area contributed by atoms with Crippen LogP contribution in [0.1, 0.15) is 41.3 Å². The van der Waals surface area contributed by atoms with Gasteiger partial charge in [-0.25, -0.2) is 19.0 Å². The van der Waals surface area contributed by atoms with Crippen molar-refractivity contribution in [1.29, 1.82) is 5.26 Å². The lowest BCUT2D eigenvalue weighted by Gasteiger charge is -2.09. The quantitative estimate of drug-likeness (QED) is 0.517. The SMILES string of the molecule is Cc1c(C#N)cccc1-c1nc(N)c(F)c(-c2cn(Cc3cc(C4CC4)n(C)n3)nn2)n1. The Balaban J connectivity index is 1.48. The smallest absolute Gasteiger partial charge is 0.193 e. The molecule has 9 nitrogen and oxygen atoms in total. The Morgan fingerprint density at radius 3 is 2.84 bits per heavy atom. The molecule has 0 bridgehead atoms. The van der Waals surface area contributed by atoms with Crippen molar-refractivity contribution in [3.63, 3.8) is 0 Å². The predicted octanol–water partition coefficient (Wildman–Crippen LogP) is 2.96. The Bertz CT molecular complexity index is 1370. The van der Waals surface area contributed by atoms with Crippen molar-refractivity contribution < 1.29 is 4.39 Å². The summed E-state index contributed by atoms with van der Waals surface area (Å²) in [4.78, 5) is 8.46. The lowest BCUT2D eigenvalue weighted by molar-refractivity contribution is 0.619. The minimum atomic E-state index is -0.760. The Hall–Kier alpha value is -4.13. The van der Waals surface area contributed by atoms with Crippen LogP contribution in [0.15, 0.2) is 30.5 Å². The van der Waals surface area contributed by atoms with Gasteiger partial charge in [-0.05, 0) is 37.5 Å². The number of halogens is 1. The van der Waals surface area contributed by atoms with Gasteiger partial charge in [-0.3, -0.25) is 4.68 Å². The van der Waals surface area contributed by atoms with E-state index in [2.05, 4.69) is 37.5 Å². The van der Waals surface area contributed by atoms with E-state index in [1.807, 2.05) is 11.7 Å². The molecule has 1 aromatic carbocycles.